The number of nitrogens with zero attached hydrogens (tertiary/aromatic N) is 1. The summed E-state index contributed by atoms with van der Waals surface area (Å²) in [5.41, 5.74) is 1.21. The summed E-state index contributed by atoms with van der Waals surface area (Å²) in [4.78, 5) is 3.60. The van der Waals surface area contributed by atoms with Crippen molar-refractivity contribution in [2.75, 3.05) is 0 Å². The third kappa shape index (κ3) is 7.26. The van der Waals surface area contributed by atoms with E-state index in [1.165, 1.54) is 0 Å². The summed E-state index contributed by atoms with van der Waals surface area (Å²) in [6.45, 7) is 17.6. The Morgan fingerprint density at radius 2 is 1.67 bits per heavy atom. The van der Waals surface area contributed by atoms with Gasteiger partial charge in [-0.15, -0.1) is 0 Å². The smallest absolute Gasteiger partial charge is 0.0263 e. The Hall–Kier alpha value is -0.850. The molecule has 0 aromatic rings. The molecule has 0 aromatic heterocycles. The summed E-state index contributed by atoms with van der Waals surface area (Å²) in [6, 6.07) is 0. The van der Waals surface area contributed by atoms with E-state index in [-0.39, 0.29) is 5.41 Å². The van der Waals surface area contributed by atoms with Gasteiger partial charge in [-0.25, -0.2) is 0 Å². The molecule has 0 aromatic carbocycles. The molecule has 12 heavy (non-hydrogen) atoms. The molecule has 0 N–H and O–H groups in total. The molecule has 0 aliphatic rings. The van der Waals surface area contributed by atoms with E-state index in [2.05, 4.69) is 39.1 Å². The maximum Gasteiger partial charge on any atom is 0.0263 e. The molecule has 0 fully saturated rings. The molecule has 0 heterocycles. The van der Waals surface area contributed by atoms with E-state index >= 15 is 0 Å². The van der Waals surface area contributed by atoms with Gasteiger partial charge in [0.05, 0.1) is 0 Å². The van der Waals surface area contributed by atoms with Crippen molar-refractivity contribution in [1.29, 1.82) is 0 Å². The minimum Gasteiger partial charge on any atom is -0.273 e. The van der Waals surface area contributed by atoms with E-state index in [0.717, 1.165) is 5.57 Å². The first-order valence-corrected chi connectivity index (χ1v) is 4.30. The lowest BCUT2D eigenvalue weighted by Gasteiger charge is -2.17. The molecule has 0 saturated heterocycles. The average Bonchev–Trinajstić information content (AvgIpc) is 2.02. The van der Waals surface area contributed by atoms with E-state index in [4.69, 9.17) is 0 Å². The molecule has 0 aliphatic heterocycles. The van der Waals surface area contributed by atoms with Gasteiger partial charge in [0.1, 0.15) is 0 Å². The highest BCUT2D eigenvalue weighted by Gasteiger charge is 2.11. The average molecular weight is 167 g/mol. The highest BCUT2D eigenvalue weighted by atomic mass is 14.6. The van der Waals surface area contributed by atoms with Crippen LogP contribution in [0.25, 0.3) is 0 Å². The molecule has 0 atom stereocenters. The van der Waals surface area contributed by atoms with Crippen molar-refractivity contribution in [2.24, 2.45) is 10.4 Å². The van der Waals surface area contributed by atoms with E-state index in [0.29, 0.717) is 0 Å². The topological polar surface area (TPSA) is 12.4 Å². The van der Waals surface area contributed by atoms with Crippen LogP contribution in [-0.2, 0) is 0 Å². The molecule has 70 valence electrons. The Morgan fingerprint density at radius 1 is 1.25 bits per heavy atom. The van der Waals surface area contributed by atoms with Gasteiger partial charge in [0, 0.05) is 6.20 Å². The van der Waals surface area contributed by atoms with Crippen molar-refractivity contribution in [2.45, 2.75) is 34.6 Å². The SMILES string of the molecule is C=N/C=C\C(=C)C(C)(C)C.CC. The summed E-state index contributed by atoms with van der Waals surface area (Å²) in [6.07, 6.45) is 3.54. The fraction of sp³-hybridized carbons (Fsp3) is 0.545. The molecule has 0 unspecified atom stereocenters. The normalized spacial score (nSPS) is 10.4. The van der Waals surface area contributed by atoms with Crippen molar-refractivity contribution in [3.8, 4) is 0 Å². The summed E-state index contributed by atoms with van der Waals surface area (Å²) >= 11 is 0. The van der Waals surface area contributed by atoms with E-state index in [1.54, 1.807) is 6.20 Å². The highest BCUT2D eigenvalue weighted by molar-refractivity contribution is 5.28. The Labute approximate surface area is 76.9 Å². The van der Waals surface area contributed by atoms with Gasteiger partial charge in [0.25, 0.3) is 0 Å². The van der Waals surface area contributed by atoms with Gasteiger partial charge < -0.3 is 0 Å². The largest absolute Gasteiger partial charge is 0.273 e. The van der Waals surface area contributed by atoms with Crippen LogP contribution in [0.15, 0.2) is 29.4 Å². The third-order valence-electron chi connectivity index (χ3n) is 1.34. The Balaban J connectivity index is 0. The maximum absolute atomic E-state index is 3.89. The predicted octanol–water partition coefficient (Wildman–Crippen LogP) is 3.83. The van der Waals surface area contributed by atoms with Crippen LogP contribution < -0.4 is 0 Å². The fourth-order valence-corrected chi connectivity index (χ4v) is 0.393. The molecule has 0 amide bonds. The Morgan fingerprint density at radius 3 is 1.92 bits per heavy atom. The molecule has 0 rings (SSSR count). The fourth-order valence-electron chi connectivity index (χ4n) is 0.393. The van der Waals surface area contributed by atoms with Gasteiger partial charge in [-0.3, -0.25) is 4.99 Å². The lowest BCUT2D eigenvalue weighted by molar-refractivity contribution is 0.519. The van der Waals surface area contributed by atoms with E-state index in [9.17, 15) is 0 Å². The number of aliphatic imine (C=N–C) groups is 1. The van der Waals surface area contributed by atoms with Crippen LogP contribution in [0.4, 0.5) is 0 Å². The van der Waals surface area contributed by atoms with Crippen molar-refractivity contribution < 1.29 is 0 Å². The van der Waals surface area contributed by atoms with Crippen LogP contribution in [0, 0.1) is 5.41 Å². The van der Waals surface area contributed by atoms with Gasteiger partial charge in [-0.05, 0) is 23.8 Å². The molecular formula is C11H21N. The number of rotatable bonds is 2. The van der Waals surface area contributed by atoms with Gasteiger partial charge in [0.15, 0.2) is 0 Å². The van der Waals surface area contributed by atoms with E-state index in [1.807, 2.05) is 19.9 Å². The lowest BCUT2D eigenvalue weighted by Crippen LogP contribution is -2.05. The summed E-state index contributed by atoms with van der Waals surface area (Å²) in [5, 5.41) is 0. The molecule has 1 nitrogen and oxygen atoms in total. The standard InChI is InChI=1S/C9H15N.C2H6/c1-8(6-7-10-5)9(2,3)4;1-2/h6-7H,1,5H2,2-4H3;1-2H3/b7-6-;. The summed E-state index contributed by atoms with van der Waals surface area (Å²) in [5.74, 6) is 0. The van der Waals surface area contributed by atoms with Crippen LogP contribution in [-0.4, -0.2) is 6.72 Å². The number of hydrogen-bond donors (Lipinski definition) is 0. The first-order chi connectivity index (χ1) is 5.48. The van der Waals surface area contributed by atoms with Gasteiger partial charge in [-0.2, -0.15) is 0 Å². The number of allylic oxidation sites excluding steroid dienone is 2. The second-order valence-electron chi connectivity index (χ2n) is 3.27. The molecule has 0 saturated carbocycles. The number of hydrogen-bond acceptors (Lipinski definition) is 1. The molecule has 0 spiro atoms. The second kappa shape index (κ2) is 6.84. The quantitative estimate of drug-likeness (QED) is 0.438. The summed E-state index contributed by atoms with van der Waals surface area (Å²) in [7, 11) is 0. The lowest BCUT2D eigenvalue weighted by atomic mass is 9.88. The van der Waals surface area contributed by atoms with Crippen molar-refractivity contribution >= 4 is 6.72 Å². The minimum atomic E-state index is 0.140. The van der Waals surface area contributed by atoms with Crippen LogP contribution in [0.5, 0.6) is 0 Å². The predicted molar refractivity (Wildman–Crippen MR) is 58.6 cm³/mol. The Bertz CT molecular complexity index is 158. The van der Waals surface area contributed by atoms with Gasteiger partial charge in [0.2, 0.25) is 0 Å². The molecule has 0 bridgehead atoms. The van der Waals surface area contributed by atoms with Gasteiger partial charge >= 0.3 is 0 Å². The highest BCUT2D eigenvalue weighted by Crippen LogP contribution is 2.23. The zero-order valence-corrected chi connectivity index (χ0v) is 9.02. The first-order valence-electron chi connectivity index (χ1n) is 4.30. The minimum absolute atomic E-state index is 0.140. The van der Waals surface area contributed by atoms with Crippen molar-refractivity contribution in [3.63, 3.8) is 0 Å². The summed E-state index contributed by atoms with van der Waals surface area (Å²) < 4.78 is 0. The second-order valence-corrected chi connectivity index (χ2v) is 3.27. The monoisotopic (exact) mass is 167 g/mol. The van der Waals surface area contributed by atoms with Crippen LogP contribution in [0.3, 0.4) is 0 Å². The van der Waals surface area contributed by atoms with Crippen LogP contribution in [0.1, 0.15) is 34.6 Å². The molecule has 0 radical (unpaired) electrons. The van der Waals surface area contributed by atoms with Gasteiger partial charge in [-0.1, -0.05) is 41.2 Å². The van der Waals surface area contributed by atoms with E-state index < -0.39 is 0 Å². The first kappa shape index (κ1) is 13.7. The molecule has 1 heteroatoms. The van der Waals surface area contributed by atoms with Crippen molar-refractivity contribution in [1.82, 2.24) is 0 Å². The van der Waals surface area contributed by atoms with Crippen LogP contribution in [0.2, 0.25) is 0 Å². The third-order valence-corrected chi connectivity index (χ3v) is 1.34. The zero-order valence-electron chi connectivity index (χ0n) is 9.02. The van der Waals surface area contributed by atoms with Crippen LogP contribution >= 0.6 is 0 Å². The van der Waals surface area contributed by atoms with Crippen molar-refractivity contribution in [3.05, 3.63) is 24.4 Å². The maximum atomic E-state index is 3.89. The molecule has 0 aliphatic carbocycles. The zero-order chi connectivity index (χ0) is 10.2. The Kier molecular flexibility index (Phi) is 7.82. The molecular weight excluding hydrogens is 146 g/mol.